The van der Waals surface area contributed by atoms with Gasteiger partial charge in [0.2, 0.25) is 0 Å². The number of hydrogen-bond acceptors (Lipinski definition) is 6. The van der Waals surface area contributed by atoms with Crippen LogP contribution in [0.2, 0.25) is 0 Å². The van der Waals surface area contributed by atoms with Crippen LogP contribution in [-0.2, 0) is 0 Å². The number of aromatic nitrogens is 2. The van der Waals surface area contributed by atoms with E-state index in [-0.39, 0.29) is 12.0 Å². The lowest BCUT2D eigenvalue weighted by atomic mass is 9.98. The molecule has 106 valence electrons. The summed E-state index contributed by atoms with van der Waals surface area (Å²) in [5.41, 5.74) is -3.09. The molecule has 19 heavy (non-hydrogen) atoms. The fourth-order valence-corrected chi connectivity index (χ4v) is 2.39. The molecule has 0 amide bonds. The number of aromatic amines is 1. The minimum absolute atomic E-state index is 0.108. The van der Waals surface area contributed by atoms with Crippen molar-refractivity contribution in [1.29, 1.82) is 0 Å². The Morgan fingerprint density at radius 1 is 1.47 bits per heavy atom. The Bertz CT molecular complexity index is 594. The molecule has 0 saturated heterocycles. The average molecular weight is 272 g/mol. The molecule has 0 radical (unpaired) electrons. The Kier molecular flexibility index (Phi) is 3.35. The van der Waals surface area contributed by atoms with Gasteiger partial charge in [-0.05, 0) is 13.3 Å². The van der Waals surface area contributed by atoms with Crippen LogP contribution in [0.5, 0.6) is 0 Å². The molecule has 1 aromatic heterocycles. The zero-order chi connectivity index (χ0) is 14.4. The van der Waals surface area contributed by atoms with Gasteiger partial charge < -0.3 is 20.4 Å². The van der Waals surface area contributed by atoms with Crippen LogP contribution in [0.15, 0.2) is 15.8 Å². The number of aryl methyl sites for hydroxylation is 1. The monoisotopic (exact) mass is 272 g/mol. The van der Waals surface area contributed by atoms with Crippen LogP contribution < -0.4 is 11.2 Å². The lowest BCUT2D eigenvalue weighted by Crippen LogP contribution is -2.51. The molecule has 1 aliphatic rings. The second-order valence-electron chi connectivity index (χ2n) is 4.89. The van der Waals surface area contributed by atoms with Gasteiger partial charge in [-0.3, -0.25) is 14.3 Å². The first kappa shape index (κ1) is 13.9. The van der Waals surface area contributed by atoms with Crippen molar-refractivity contribution in [2.45, 2.75) is 37.2 Å². The van der Waals surface area contributed by atoms with Crippen LogP contribution in [-0.4, -0.2) is 54.4 Å². The Labute approximate surface area is 107 Å². The molecule has 1 saturated carbocycles. The zero-order valence-corrected chi connectivity index (χ0v) is 10.3. The largest absolute Gasteiger partial charge is 0.393 e. The van der Waals surface area contributed by atoms with E-state index >= 15 is 0 Å². The van der Waals surface area contributed by atoms with Gasteiger partial charge in [-0.1, -0.05) is 0 Å². The van der Waals surface area contributed by atoms with Crippen molar-refractivity contribution >= 4 is 0 Å². The van der Waals surface area contributed by atoms with E-state index in [1.165, 1.54) is 13.1 Å². The normalized spacial score (nSPS) is 34.7. The highest BCUT2D eigenvalue weighted by atomic mass is 16.4. The third-order valence-corrected chi connectivity index (χ3v) is 3.67. The van der Waals surface area contributed by atoms with Gasteiger partial charge in [-0.2, -0.15) is 0 Å². The first-order chi connectivity index (χ1) is 8.81. The Balaban J connectivity index is 2.48. The molecule has 1 heterocycles. The lowest BCUT2D eigenvalue weighted by Gasteiger charge is -2.28. The smallest absolute Gasteiger partial charge is 0.328 e. The van der Waals surface area contributed by atoms with Gasteiger partial charge in [0, 0.05) is 11.8 Å². The van der Waals surface area contributed by atoms with Gasteiger partial charge in [0.1, 0.15) is 11.7 Å². The van der Waals surface area contributed by atoms with E-state index < -0.39 is 41.7 Å². The second kappa shape index (κ2) is 4.57. The van der Waals surface area contributed by atoms with Crippen LogP contribution >= 0.6 is 0 Å². The maximum Gasteiger partial charge on any atom is 0.328 e. The number of H-pyrrole nitrogens is 1. The van der Waals surface area contributed by atoms with Gasteiger partial charge >= 0.3 is 5.69 Å². The molecule has 2 rings (SSSR count). The van der Waals surface area contributed by atoms with E-state index in [1.807, 2.05) is 0 Å². The predicted octanol–water partition coefficient (Wildman–Crippen LogP) is -2.76. The van der Waals surface area contributed by atoms with Crippen molar-refractivity contribution in [3.63, 3.8) is 0 Å². The fraction of sp³-hybridized carbons (Fsp3) is 0.636. The van der Waals surface area contributed by atoms with Gasteiger partial charge in [0.15, 0.2) is 0 Å². The van der Waals surface area contributed by atoms with Gasteiger partial charge in [0.05, 0.1) is 18.8 Å². The molecule has 0 aliphatic heterocycles. The molecule has 0 aromatic carbocycles. The van der Waals surface area contributed by atoms with Crippen LogP contribution in [0, 0.1) is 6.92 Å². The SMILES string of the molecule is Cc1cn([C@H]2C[C@H](O)[C@@](O)(CO)[C@@H]2O)c(=O)[nH]c1=O. The third-order valence-electron chi connectivity index (χ3n) is 3.67. The maximum atomic E-state index is 11.7. The number of nitrogens with zero attached hydrogens (tertiary/aromatic N) is 1. The van der Waals surface area contributed by atoms with Crippen LogP contribution in [0.1, 0.15) is 18.0 Å². The number of rotatable bonds is 2. The van der Waals surface area contributed by atoms with E-state index in [4.69, 9.17) is 5.11 Å². The van der Waals surface area contributed by atoms with Crippen LogP contribution in [0.3, 0.4) is 0 Å². The molecule has 0 unspecified atom stereocenters. The molecule has 5 N–H and O–H groups in total. The number of nitrogens with one attached hydrogen (secondary N) is 1. The molecule has 1 aliphatic carbocycles. The second-order valence-corrected chi connectivity index (χ2v) is 4.89. The van der Waals surface area contributed by atoms with E-state index in [0.717, 1.165) is 4.57 Å². The number of aliphatic hydroxyl groups is 4. The number of hydrogen-bond donors (Lipinski definition) is 5. The topological polar surface area (TPSA) is 136 Å². The molecular formula is C11H16N2O6. The molecule has 1 fully saturated rings. The average Bonchev–Trinajstić information content (AvgIpc) is 2.59. The zero-order valence-electron chi connectivity index (χ0n) is 10.3. The predicted molar refractivity (Wildman–Crippen MR) is 63.8 cm³/mol. The first-order valence-corrected chi connectivity index (χ1v) is 5.82. The number of aliphatic hydroxyl groups excluding tert-OH is 3. The van der Waals surface area contributed by atoms with Crippen molar-refractivity contribution in [3.8, 4) is 0 Å². The van der Waals surface area contributed by atoms with E-state index in [9.17, 15) is 24.9 Å². The van der Waals surface area contributed by atoms with Crippen molar-refractivity contribution in [2.24, 2.45) is 0 Å². The van der Waals surface area contributed by atoms with Crippen molar-refractivity contribution in [3.05, 3.63) is 32.6 Å². The summed E-state index contributed by atoms with van der Waals surface area (Å²) in [5, 5.41) is 38.7. The van der Waals surface area contributed by atoms with Crippen molar-refractivity contribution in [2.75, 3.05) is 6.61 Å². The molecule has 4 atom stereocenters. The molecule has 0 spiro atoms. The fourth-order valence-electron chi connectivity index (χ4n) is 2.39. The van der Waals surface area contributed by atoms with E-state index in [0.29, 0.717) is 0 Å². The molecule has 0 bridgehead atoms. The Morgan fingerprint density at radius 2 is 2.11 bits per heavy atom. The minimum Gasteiger partial charge on any atom is -0.393 e. The highest BCUT2D eigenvalue weighted by Gasteiger charge is 2.54. The summed E-state index contributed by atoms with van der Waals surface area (Å²) in [5.74, 6) is 0. The van der Waals surface area contributed by atoms with Gasteiger partial charge in [0.25, 0.3) is 5.56 Å². The van der Waals surface area contributed by atoms with Crippen molar-refractivity contribution in [1.82, 2.24) is 9.55 Å². The van der Waals surface area contributed by atoms with Crippen LogP contribution in [0.25, 0.3) is 0 Å². The van der Waals surface area contributed by atoms with E-state index in [1.54, 1.807) is 0 Å². The summed E-state index contributed by atoms with van der Waals surface area (Å²) < 4.78 is 1.05. The Morgan fingerprint density at radius 3 is 2.63 bits per heavy atom. The highest BCUT2D eigenvalue weighted by molar-refractivity contribution is 5.09. The molecule has 8 nitrogen and oxygen atoms in total. The summed E-state index contributed by atoms with van der Waals surface area (Å²) in [6, 6.07) is -0.921. The minimum atomic E-state index is -2.08. The summed E-state index contributed by atoms with van der Waals surface area (Å²) in [6.45, 7) is 0.660. The van der Waals surface area contributed by atoms with Gasteiger partial charge in [-0.25, -0.2) is 4.79 Å². The summed E-state index contributed by atoms with van der Waals surface area (Å²) in [4.78, 5) is 25.0. The molecular weight excluding hydrogens is 256 g/mol. The van der Waals surface area contributed by atoms with Gasteiger partial charge in [-0.15, -0.1) is 0 Å². The maximum absolute atomic E-state index is 11.7. The Hall–Kier alpha value is -1.48. The molecule has 1 aromatic rings. The highest BCUT2D eigenvalue weighted by Crippen LogP contribution is 2.37. The van der Waals surface area contributed by atoms with Crippen molar-refractivity contribution < 1.29 is 20.4 Å². The molecule has 8 heteroatoms. The third kappa shape index (κ3) is 2.02. The van der Waals surface area contributed by atoms with Crippen LogP contribution in [0.4, 0.5) is 0 Å². The summed E-state index contributed by atoms with van der Waals surface area (Å²) >= 11 is 0. The summed E-state index contributed by atoms with van der Waals surface area (Å²) in [7, 11) is 0. The van der Waals surface area contributed by atoms with E-state index in [2.05, 4.69) is 4.98 Å². The quantitative estimate of drug-likeness (QED) is 0.395. The standard InChI is InChI=1S/C11H16N2O6/c1-5-3-13(10(18)12-9(5)17)6-2-7(15)11(19,4-14)8(6)16/h3,6-8,14-16,19H,2,4H2,1H3,(H,12,17,18)/t6-,7-,8+,11-/m0/s1. The first-order valence-electron chi connectivity index (χ1n) is 5.82. The lowest BCUT2D eigenvalue weighted by molar-refractivity contribution is -0.141. The summed E-state index contributed by atoms with van der Waals surface area (Å²) in [6.07, 6.45) is -1.73.